The van der Waals surface area contributed by atoms with Gasteiger partial charge < -0.3 is 9.26 Å². The molecule has 0 N–H and O–H groups in total. The zero-order valence-electron chi connectivity index (χ0n) is 11.3. The summed E-state index contributed by atoms with van der Waals surface area (Å²) in [6, 6.07) is 3.11. The van der Waals surface area contributed by atoms with E-state index in [4.69, 9.17) is 19.9 Å². The lowest BCUT2D eigenvalue weighted by atomic mass is 10.2. The van der Waals surface area contributed by atoms with E-state index in [0.717, 1.165) is 0 Å². The molecule has 0 aliphatic heterocycles. The Morgan fingerprint density at radius 2 is 2.14 bits per heavy atom. The van der Waals surface area contributed by atoms with Crippen LogP contribution in [0, 0.1) is 6.92 Å². The van der Waals surface area contributed by atoms with Crippen LogP contribution in [0.25, 0.3) is 0 Å². The molecular formula is C12H12BrClN2O4S. The molecule has 0 saturated carbocycles. The number of benzene rings is 1. The first kappa shape index (κ1) is 16.3. The molecule has 0 bridgehead atoms. The molecule has 2 aromatic rings. The number of nitrogens with zero attached hydrogens (tertiary/aromatic N) is 2. The monoisotopic (exact) mass is 394 g/mol. The summed E-state index contributed by atoms with van der Waals surface area (Å²) in [6.07, 6.45) is 0.641. The van der Waals surface area contributed by atoms with Crippen molar-refractivity contribution in [2.24, 2.45) is 0 Å². The van der Waals surface area contributed by atoms with Crippen molar-refractivity contribution in [2.75, 3.05) is 0 Å². The lowest BCUT2D eigenvalue weighted by molar-refractivity contribution is 0.236. The minimum atomic E-state index is -3.93. The van der Waals surface area contributed by atoms with Gasteiger partial charge in [0, 0.05) is 21.6 Å². The number of rotatable bonds is 5. The van der Waals surface area contributed by atoms with Crippen molar-refractivity contribution in [3.8, 4) is 5.75 Å². The molecule has 2 rings (SSSR count). The maximum Gasteiger partial charge on any atom is 0.265 e. The average Bonchev–Trinajstić information content (AvgIpc) is 2.83. The Bertz CT molecular complexity index is 761. The van der Waals surface area contributed by atoms with Crippen molar-refractivity contribution in [1.29, 1.82) is 0 Å². The van der Waals surface area contributed by atoms with Gasteiger partial charge in [0.2, 0.25) is 0 Å². The highest BCUT2D eigenvalue weighted by Gasteiger charge is 2.20. The maximum atomic E-state index is 11.6. The first-order chi connectivity index (χ1) is 9.81. The largest absolute Gasteiger partial charge is 0.482 e. The summed E-state index contributed by atoms with van der Waals surface area (Å²) in [7, 11) is 1.50. The third kappa shape index (κ3) is 3.96. The van der Waals surface area contributed by atoms with Crippen LogP contribution in [0.15, 0.2) is 26.0 Å². The number of aromatic nitrogens is 2. The van der Waals surface area contributed by atoms with E-state index in [0.29, 0.717) is 22.3 Å². The van der Waals surface area contributed by atoms with E-state index in [1.807, 2.05) is 6.92 Å². The van der Waals surface area contributed by atoms with Gasteiger partial charge in [-0.25, -0.2) is 8.42 Å². The van der Waals surface area contributed by atoms with Crippen molar-refractivity contribution in [1.82, 2.24) is 10.1 Å². The van der Waals surface area contributed by atoms with Gasteiger partial charge in [-0.05, 0) is 24.6 Å². The van der Waals surface area contributed by atoms with Gasteiger partial charge in [-0.15, -0.1) is 0 Å². The minimum Gasteiger partial charge on any atom is -0.482 e. The van der Waals surface area contributed by atoms with E-state index in [1.54, 1.807) is 13.0 Å². The predicted octanol–water partition coefficient (Wildman–Crippen LogP) is 3.21. The first-order valence-electron chi connectivity index (χ1n) is 6.00. The number of hydrogen-bond acceptors (Lipinski definition) is 6. The van der Waals surface area contributed by atoms with E-state index < -0.39 is 9.05 Å². The summed E-state index contributed by atoms with van der Waals surface area (Å²) >= 11 is 3.23. The molecule has 0 spiro atoms. The maximum absolute atomic E-state index is 11.6. The molecule has 9 heteroatoms. The van der Waals surface area contributed by atoms with Crippen molar-refractivity contribution < 1.29 is 17.7 Å². The molecular weight excluding hydrogens is 384 g/mol. The number of ether oxygens (including phenoxy) is 1. The summed E-state index contributed by atoms with van der Waals surface area (Å²) in [5.74, 6) is 1.00. The normalized spacial score (nSPS) is 11.6. The molecule has 0 unspecified atom stereocenters. The van der Waals surface area contributed by atoms with Gasteiger partial charge in [0.15, 0.2) is 12.4 Å². The fraction of sp³-hybridized carbons (Fsp3) is 0.333. The summed E-state index contributed by atoms with van der Waals surface area (Å²) < 4.78 is 34.4. The van der Waals surface area contributed by atoms with Crippen LogP contribution in [0.3, 0.4) is 0 Å². The van der Waals surface area contributed by atoms with E-state index in [2.05, 4.69) is 26.1 Å². The van der Waals surface area contributed by atoms with E-state index >= 15 is 0 Å². The smallest absolute Gasteiger partial charge is 0.265 e. The first-order valence-corrected chi connectivity index (χ1v) is 9.10. The second-order valence-corrected chi connectivity index (χ2v) is 7.68. The molecule has 1 aromatic carbocycles. The Balaban J connectivity index is 2.31. The highest BCUT2D eigenvalue weighted by molar-refractivity contribution is 9.10. The Labute approximate surface area is 135 Å². The quantitative estimate of drug-likeness (QED) is 0.723. The standard InChI is InChI=1S/C12H12BrClN2O4S/c1-3-10-15-11(20-16-10)6-19-12-7(2)4-8(13)5-9(12)21(14,17)18/h4-5H,3,6H2,1-2H3. The van der Waals surface area contributed by atoms with E-state index in [-0.39, 0.29) is 23.1 Å². The van der Waals surface area contributed by atoms with Gasteiger partial charge in [0.1, 0.15) is 10.6 Å². The summed E-state index contributed by atoms with van der Waals surface area (Å²) in [6.45, 7) is 3.58. The van der Waals surface area contributed by atoms with Crippen LogP contribution >= 0.6 is 26.6 Å². The van der Waals surface area contributed by atoms with Gasteiger partial charge in [-0.3, -0.25) is 0 Å². The summed E-state index contributed by atoms with van der Waals surface area (Å²) in [4.78, 5) is 3.98. The second-order valence-electron chi connectivity index (χ2n) is 4.23. The van der Waals surface area contributed by atoms with Gasteiger partial charge in [-0.1, -0.05) is 28.0 Å². The molecule has 0 atom stereocenters. The van der Waals surface area contributed by atoms with Crippen LogP contribution in [-0.4, -0.2) is 18.6 Å². The summed E-state index contributed by atoms with van der Waals surface area (Å²) in [5.41, 5.74) is 0.624. The van der Waals surface area contributed by atoms with Crippen molar-refractivity contribution in [2.45, 2.75) is 31.8 Å². The van der Waals surface area contributed by atoms with Crippen molar-refractivity contribution >= 4 is 35.7 Å². The number of halogens is 2. The van der Waals surface area contributed by atoms with Crippen LogP contribution in [0.5, 0.6) is 5.75 Å². The molecule has 1 heterocycles. The SMILES string of the molecule is CCc1noc(COc2c(C)cc(Br)cc2S(=O)(=O)Cl)n1. The molecule has 0 amide bonds. The predicted molar refractivity (Wildman–Crippen MR) is 79.9 cm³/mol. The minimum absolute atomic E-state index is 0.0329. The van der Waals surface area contributed by atoms with Gasteiger partial charge in [-0.2, -0.15) is 4.98 Å². The molecule has 0 aliphatic rings. The Kier molecular flexibility index (Phi) is 4.90. The number of hydrogen-bond donors (Lipinski definition) is 0. The molecule has 0 aliphatic carbocycles. The zero-order valence-corrected chi connectivity index (χ0v) is 14.4. The van der Waals surface area contributed by atoms with Crippen LogP contribution in [-0.2, 0) is 22.1 Å². The molecule has 0 saturated heterocycles. The number of aryl methyl sites for hydroxylation is 2. The van der Waals surface area contributed by atoms with Crippen LogP contribution in [0.4, 0.5) is 0 Å². The van der Waals surface area contributed by atoms with Crippen molar-refractivity contribution in [3.05, 3.63) is 33.9 Å². The lowest BCUT2D eigenvalue weighted by Gasteiger charge is -2.11. The highest BCUT2D eigenvalue weighted by atomic mass is 79.9. The third-order valence-electron chi connectivity index (χ3n) is 2.63. The van der Waals surface area contributed by atoms with Crippen LogP contribution in [0.2, 0.25) is 0 Å². The Morgan fingerprint density at radius 3 is 2.71 bits per heavy atom. The van der Waals surface area contributed by atoms with Gasteiger partial charge in [0.05, 0.1) is 0 Å². The molecule has 0 fully saturated rings. The van der Waals surface area contributed by atoms with Crippen LogP contribution in [0.1, 0.15) is 24.2 Å². The molecule has 1 aromatic heterocycles. The molecule has 6 nitrogen and oxygen atoms in total. The molecule has 21 heavy (non-hydrogen) atoms. The van der Waals surface area contributed by atoms with Gasteiger partial charge >= 0.3 is 0 Å². The van der Waals surface area contributed by atoms with Gasteiger partial charge in [0.25, 0.3) is 14.9 Å². The zero-order chi connectivity index (χ0) is 15.6. The van der Waals surface area contributed by atoms with Crippen LogP contribution < -0.4 is 4.74 Å². The second kappa shape index (κ2) is 6.33. The average molecular weight is 396 g/mol. The van der Waals surface area contributed by atoms with E-state index in [9.17, 15) is 8.42 Å². The summed E-state index contributed by atoms with van der Waals surface area (Å²) in [5, 5.41) is 3.74. The fourth-order valence-corrected chi connectivity index (χ4v) is 3.47. The Morgan fingerprint density at radius 1 is 1.43 bits per heavy atom. The van der Waals surface area contributed by atoms with E-state index in [1.165, 1.54) is 6.07 Å². The highest BCUT2D eigenvalue weighted by Crippen LogP contribution is 2.34. The molecule has 0 radical (unpaired) electrons. The fourth-order valence-electron chi connectivity index (χ4n) is 1.69. The molecule has 114 valence electrons. The van der Waals surface area contributed by atoms with Crippen molar-refractivity contribution in [3.63, 3.8) is 0 Å². The Hall–Kier alpha value is -1.12. The lowest BCUT2D eigenvalue weighted by Crippen LogP contribution is -2.03. The third-order valence-corrected chi connectivity index (χ3v) is 4.42. The topological polar surface area (TPSA) is 82.3 Å².